The maximum atomic E-state index is 11.8. The fourth-order valence-electron chi connectivity index (χ4n) is 1.82. The summed E-state index contributed by atoms with van der Waals surface area (Å²) >= 11 is 0. The standard InChI is InChI=1S/C11H21N3O/c1-3-5-7-14-8-6-12-9-10(14)11(15)13-4-2/h3,10,12H,1,4-9H2,2H3,(H,13,15). The van der Waals surface area contributed by atoms with Gasteiger partial charge in [-0.05, 0) is 13.3 Å². The molecule has 15 heavy (non-hydrogen) atoms. The van der Waals surface area contributed by atoms with Crippen molar-refractivity contribution in [3.8, 4) is 0 Å². The molecule has 86 valence electrons. The minimum Gasteiger partial charge on any atom is -0.355 e. The van der Waals surface area contributed by atoms with Crippen molar-refractivity contribution in [3.63, 3.8) is 0 Å². The van der Waals surface area contributed by atoms with Gasteiger partial charge in [0, 0.05) is 32.7 Å². The van der Waals surface area contributed by atoms with Crippen LogP contribution in [-0.2, 0) is 4.79 Å². The number of hydrogen-bond donors (Lipinski definition) is 2. The lowest BCUT2D eigenvalue weighted by atomic mass is 10.1. The van der Waals surface area contributed by atoms with E-state index in [-0.39, 0.29) is 11.9 Å². The fourth-order valence-corrected chi connectivity index (χ4v) is 1.82. The van der Waals surface area contributed by atoms with E-state index in [1.165, 1.54) is 0 Å². The molecule has 1 saturated heterocycles. The summed E-state index contributed by atoms with van der Waals surface area (Å²) < 4.78 is 0. The molecule has 0 aliphatic carbocycles. The number of carbonyl (C=O) groups is 1. The van der Waals surface area contributed by atoms with Crippen molar-refractivity contribution in [2.45, 2.75) is 19.4 Å². The molecule has 4 nitrogen and oxygen atoms in total. The Morgan fingerprint density at radius 1 is 1.73 bits per heavy atom. The number of piperazine rings is 1. The molecule has 4 heteroatoms. The van der Waals surface area contributed by atoms with E-state index in [0.717, 1.165) is 32.6 Å². The number of nitrogens with zero attached hydrogens (tertiary/aromatic N) is 1. The SMILES string of the molecule is C=CCCN1CCNCC1C(=O)NCC. The van der Waals surface area contributed by atoms with Crippen molar-refractivity contribution in [1.29, 1.82) is 0 Å². The first-order valence-electron chi connectivity index (χ1n) is 5.63. The van der Waals surface area contributed by atoms with E-state index in [1.807, 2.05) is 13.0 Å². The molecular weight excluding hydrogens is 190 g/mol. The number of likely N-dealkylation sites (N-methyl/N-ethyl adjacent to an activating group) is 1. The van der Waals surface area contributed by atoms with Gasteiger partial charge in [-0.2, -0.15) is 0 Å². The first kappa shape index (κ1) is 12.2. The second-order valence-electron chi connectivity index (χ2n) is 3.73. The second kappa shape index (κ2) is 6.58. The van der Waals surface area contributed by atoms with E-state index in [1.54, 1.807) is 0 Å². The van der Waals surface area contributed by atoms with Gasteiger partial charge in [0.25, 0.3) is 0 Å². The topological polar surface area (TPSA) is 44.4 Å². The maximum Gasteiger partial charge on any atom is 0.238 e. The molecule has 0 aromatic heterocycles. The highest BCUT2D eigenvalue weighted by atomic mass is 16.2. The molecule has 1 amide bonds. The maximum absolute atomic E-state index is 11.8. The Hall–Kier alpha value is -0.870. The van der Waals surface area contributed by atoms with Crippen LogP contribution in [0.25, 0.3) is 0 Å². The van der Waals surface area contributed by atoms with Gasteiger partial charge in [0.1, 0.15) is 6.04 Å². The number of amides is 1. The molecule has 2 N–H and O–H groups in total. The smallest absolute Gasteiger partial charge is 0.238 e. The molecule has 0 bridgehead atoms. The fraction of sp³-hybridized carbons (Fsp3) is 0.727. The Kier molecular flexibility index (Phi) is 5.36. The number of hydrogen-bond acceptors (Lipinski definition) is 3. The van der Waals surface area contributed by atoms with E-state index >= 15 is 0 Å². The van der Waals surface area contributed by atoms with Crippen LogP contribution in [0.5, 0.6) is 0 Å². The summed E-state index contributed by atoms with van der Waals surface area (Å²) in [6.07, 6.45) is 2.84. The molecule has 0 aromatic rings. The van der Waals surface area contributed by atoms with Gasteiger partial charge in [0.15, 0.2) is 0 Å². The lowest BCUT2D eigenvalue weighted by molar-refractivity contribution is -0.126. The summed E-state index contributed by atoms with van der Waals surface area (Å²) in [5.74, 6) is 0.133. The van der Waals surface area contributed by atoms with E-state index in [9.17, 15) is 4.79 Å². The molecule has 1 atom stereocenters. The third-order valence-corrected chi connectivity index (χ3v) is 2.63. The van der Waals surface area contributed by atoms with Gasteiger partial charge in [-0.15, -0.1) is 6.58 Å². The largest absolute Gasteiger partial charge is 0.355 e. The van der Waals surface area contributed by atoms with Gasteiger partial charge in [-0.1, -0.05) is 6.08 Å². The Morgan fingerprint density at radius 3 is 3.20 bits per heavy atom. The predicted octanol–water partition coefficient (Wildman–Crippen LogP) is -0.0276. The highest BCUT2D eigenvalue weighted by molar-refractivity contribution is 5.82. The Balaban J connectivity index is 2.48. The van der Waals surface area contributed by atoms with Crippen molar-refractivity contribution < 1.29 is 4.79 Å². The van der Waals surface area contributed by atoms with E-state index in [2.05, 4.69) is 22.1 Å². The molecule has 1 unspecified atom stereocenters. The Morgan fingerprint density at radius 2 is 2.53 bits per heavy atom. The summed E-state index contributed by atoms with van der Waals surface area (Å²) in [7, 11) is 0. The lowest BCUT2D eigenvalue weighted by Gasteiger charge is -2.34. The zero-order chi connectivity index (χ0) is 11.1. The predicted molar refractivity (Wildman–Crippen MR) is 61.7 cm³/mol. The minimum absolute atomic E-state index is 0.0151. The first-order chi connectivity index (χ1) is 7.29. The highest BCUT2D eigenvalue weighted by Gasteiger charge is 2.27. The average molecular weight is 211 g/mol. The molecular formula is C11H21N3O. The van der Waals surface area contributed by atoms with Crippen LogP contribution in [0, 0.1) is 0 Å². The molecule has 1 aliphatic heterocycles. The molecule has 0 aromatic carbocycles. The van der Waals surface area contributed by atoms with Crippen molar-refractivity contribution in [2.75, 3.05) is 32.7 Å². The van der Waals surface area contributed by atoms with Gasteiger partial charge >= 0.3 is 0 Å². The summed E-state index contributed by atoms with van der Waals surface area (Å²) in [6, 6.07) is -0.0151. The molecule has 1 rings (SSSR count). The average Bonchev–Trinajstić information content (AvgIpc) is 2.27. The molecule has 1 aliphatic rings. The molecule has 0 radical (unpaired) electrons. The van der Waals surface area contributed by atoms with Crippen molar-refractivity contribution in [1.82, 2.24) is 15.5 Å². The normalized spacial score (nSPS) is 22.3. The highest BCUT2D eigenvalue weighted by Crippen LogP contribution is 2.04. The van der Waals surface area contributed by atoms with Crippen molar-refractivity contribution in [3.05, 3.63) is 12.7 Å². The Labute approximate surface area is 91.7 Å². The van der Waals surface area contributed by atoms with Gasteiger partial charge in [-0.25, -0.2) is 0 Å². The van der Waals surface area contributed by atoms with Crippen LogP contribution in [0.1, 0.15) is 13.3 Å². The van der Waals surface area contributed by atoms with Crippen LogP contribution in [0.15, 0.2) is 12.7 Å². The van der Waals surface area contributed by atoms with Gasteiger partial charge in [-0.3, -0.25) is 9.69 Å². The van der Waals surface area contributed by atoms with Gasteiger partial charge < -0.3 is 10.6 Å². The molecule has 0 spiro atoms. The quantitative estimate of drug-likeness (QED) is 0.628. The van der Waals surface area contributed by atoms with Crippen molar-refractivity contribution >= 4 is 5.91 Å². The summed E-state index contributed by atoms with van der Waals surface area (Å²) in [5, 5.41) is 6.13. The summed E-state index contributed by atoms with van der Waals surface area (Å²) in [6.45, 7) is 9.94. The first-order valence-corrected chi connectivity index (χ1v) is 5.63. The third-order valence-electron chi connectivity index (χ3n) is 2.63. The summed E-state index contributed by atoms with van der Waals surface area (Å²) in [4.78, 5) is 14.0. The van der Waals surface area contributed by atoms with E-state index < -0.39 is 0 Å². The van der Waals surface area contributed by atoms with Crippen LogP contribution in [-0.4, -0.2) is 49.6 Å². The minimum atomic E-state index is -0.0151. The second-order valence-corrected chi connectivity index (χ2v) is 3.73. The Bertz CT molecular complexity index is 218. The van der Waals surface area contributed by atoms with E-state index in [4.69, 9.17) is 0 Å². The molecule has 1 heterocycles. The number of rotatable bonds is 5. The van der Waals surface area contributed by atoms with Crippen LogP contribution >= 0.6 is 0 Å². The zero-order valence-corrected chi connectivity index (χ0v) is 9.46. The lowest BCUT2D eigenvalue weighted by Crippen LogP contribution is -2.57. The van der Waals surface area contributed by atoms with Gasteiger partial charge in [0.05, 0.1) is 0 Å². The summed E-state index contributed by atoms with van der Waals surface area (Å²) in [5.41, 5.74) is 0. The van der Waals surface area contributed by atoms with Crippen LogP contribution in [0.3, 0.4) is 0 Å². The number of nitrogens with one attached hydrogen (secondary N) is 2. The monoisotopic (exact) mass is 211 g/mol. The van der Waals surface area contributed by atoms with Gasteiger partial charge in [0.2, 0.25) is 5.91 Å². The zero-order valence-electron chi connectivity index (χ0n) is 9.46. The number of carbonyl (C=O) groups excluding carboxylic acids is 1. The molecule has 1 fully saturated rings. The molecule has 0 saturated carbocycles. The van der Waals surface area contributed by atoms with E-state index in [0.29, 0.717) is 6.54 Å². The van der Waals surface area contributed by atoms with Crippen molar-refractivity contribution in [2.24, 2.45) is 0 Å². The third kappa shape index (κ3) is 3.64. The van der Waals surface area contributed by atoms with Crippen LogP contribution in [0.2, 0.25) is 0 Å². The van der Waals surface area contributed by atoms with Crippen LogP contribution < -0.4 is 10.6 Å². The van der Waals surface area contributed by atoms with Crippen LogP contribution in [0.4, 0.5) is 0 Å².